The van der Waals surface area contributed by atoms with Gasteiger partial charge in [-0.15, -0.1) is 0 Å². The van der Waals surface area contributed by atoms with Crippen LogP contribution in [0.4, 0.5) is 10.2 Å². The summed E-state index contributed by atoms with van der Waals surface area (Å²) in [6.07, 6.45) is 2.39. The number of rotatable bonds is 2. The molecule has 1 saturated heterocycles. The van der Waals surface area contributed by atoms with E-state index in [1.165, 1.54) is 18.5 Å². The number of aromatic nitrogens is 2. The quantitative estimate of drug-likeness (QED) is 0.854. The van der Waals surface area contributed by atoms with Crippen molar-refractivity contribution in [3.05, 3.63) is 30.3 Å². The molecular weight excluding hydrogens is 295 g/mol. The molecule has 0 atom stereocenters. The first-order valence-corrected chi connectivity index (χ1v) is 8.00. The first-order chi connectivity index (χ1) is 11.1. The van der Waals surface area contributed by atoms with Gasteiger partial charge in [-0.3, -0.25) is 4.79 Å². The highest BCUT2D eigenvalue weighted by molar-refractivity contribution is 5.89. The lowest BCUT2D eigenvalue weighted by molar-refractivity contribution is -0.134. The van der Waals surface area contributed by atoms with Gasteiger partial charge in [0.05, 0.1) is 5.52 Å². The van der Waals surface area contributed by atoms with Crippen LogP contribution in [0.3, 0.4) is 0 Å². The van der Waals surface area contributed by atoms with Crippen molar-refractivity contribution in [2.45, 2.75) is 20.3 Å². The van der Waals surface area contributed by atoms with Crippen molar-refractivity contribution in [3.63, 3.8) is 0 Å². The van der Waals surface area contributed by atoms with Gasteiger partial charge in [0.2, 0.25) is 5.91 Å². The van der Waals surface area contributed by atoms with E-state index in [0.717, 1.165) is 36.2 Å². The maximum Gasteiger partial charge on any atom is 0.225 e. The Morgan fingerprint density at radius 2 is 2.00 bits per heavy atom. The first-order valence-electron chi connectivity index (χ1n) is 8.00. The van der Waals surface area contributed by atoms with E-state index < -0.39 is 0 Å². The van der Waals surface area contributed by atoms with Crippen molar-refractivity contribution >= 4 is 22.6 Å². The molecule has 0 radical (unpaired) electrons. The van der Waals surface area contributed by atoms with Gasteiger partial charge in [0.15, 0.2) is 0 Å². The molecule has 1 amide bonds. The fraction of sp³-hybridized carbons (Fsp3) is 0.471. The highest BCUT2D eigenvalue weighted by Crippen LogP contribution is 2.24. The van der Waals surface area contributed by atoms with Crippen molar-refractivity contribution in [2.24, 2.45) is 5.92 Å². The molecule has 0 unspecified atom stereocenters. The Bertz CT molecular complexity index is 719. The number of fused-ring (bicyclic) bond motifs is 1. The van der Waals surface area contributed by atoms with E-state index in [1.54, 1.807) is 6.07 Å². The van der Waals surface area contributed by atoms with E-state index >= 15 is 0 Å². The number of benzene rings is 1. The van der Waals surface area contributed by atoms with Crippen LogP contribution in [-0.4, -0.2) is 47.0 Å². The Morgan fingerprint density at radius 1 is 1.17 bits per heavy atom. The summed E-state index contributed by atoms with van der Waals surface area (Å²) in [5, 5.41) is 0.719. The van der Waals surface area contributed by atoms with Crippen LogP contribution in [0.5, 0.6) is 0 Å². The number of hydrogen-bond donors (Lipinski definition) is 0. The van der Waals surface area contributed by atoms with Crippen LogP contribution in [0.2, 0.25) is 0 Å². The summed E-state index contributed by atoms with van der Waals surface area (Å²) in [5.74, 6) is 0.647. The minimum atomic E-state index is -0.292. The Balaban J connectivity index is 1.85. The maximum absolute atomic E-state index is 13.6. The zero-order valence-electron chi connectivity index (χ0n) is 13.5. The molecule has 122 valence electrons. The highest BCUT2D eigenvalue weighted by atomic mass is 19.1. The van der Waals surface area contributed by atoms with Crippen LogP contribution < -0.4 is 4.90 Å². The summed E-state index contributed by atoms with van der Waals surface area (Å²) in [4.78, 5) is 24.8. The summed E-state index contributed by atoms with van der Waals surface area (Å²) in [6.45, 7) is 6.76. The number of nitrogens with zero attached hydrogens (tertiary/aromatic N) is 4. The Morgan fingerprint density at radius 3 is 2.78 bits per heavy atom. The molecule has 0 saturated carbocycles. The lowest BCUT2D eigenvalue weighted by Gasteiger charge is -2.24. The molecule has 0 aliphatic carbocycles. The van der Waals surface area contributed by atoms with E-state index in [1.807, 2.05) is 18.7 Å². The standard InChI is InChI=1S/C17H21FN4O/c1-12(2)17(23)22-7-3-6-21(8-9-22)16-14-10-13(18)4-5-15(14)19-11-20-16/h4-5,10-12H,3,6-9H2,1-2H3. The second-order valence-corrected chi connectivity index (χ2v) is 6.18. The second-order valence-electron chi connectivity index (χ2n) is 6.18. The monoisotopic (exact) mass is 316 g/mol. The highest BCUT2D eigenvalue weighted by Gasteiger charge is 2.22. The van der Waals surface area contributed by atoms with Gasteiger partial charge in [-0.05, 0) is 24.6 Å². The summed E-state index contributed by atoms with van der Waals surface area (Å²) < 4.78 is 13.6. The summed E-state index contributed by atoms with van der Waals surface area (Å²) >= 11 is 0. The van der Waals surface area contributed by atoms with E-state index in [0.29, 0.717) is 13.1 Å². The molecule has 1 aromatic carbocycles. The molecule has 23 heavy (non-hydrogen) atoms. The predicted molar refractivity (Wildman–Crippen MR) is 87.7 cm³/mol. The SMILES string of the molecule is CC(C)C(=O)N1CCCN(c2ncnc3ccc(F)cc23)CC1. The van der Waals surface area contributed by atoms with Crippen LogP contribution in [-0.2, 0) is 4.79 Å². The molecule has 1 aliphatic rings. The van der Waals surface area contributed by atoms with Crippen LogP contribution in [0.15, 0.2) is 24.5 Å². The molecule has 2 aromatic rings. The van der Waals surface area contributed by atoms with Gasteiger partial charge >= 0.3 is 0 Å². The van der Waals surface area contributed by atoms with Crippen LogP contribution in [0.1, 0.15) is 20.3 Å². The van der Waals surface area contributed by atoms with Crippen LogP contribution in [0.25, 0.3) is 10.9 Å². The van der Waals surface area contributed by atoms with Gasteiger partial charge in [-0.1, -0.05) is 13.8 Å². The maximum atomic E-state index is 13.6. The largest absolute Gasteiger partial charge is 0.354 e. The second kappa shape index (κ2) is 6.48. The van der Waals surface area contributed by atoms with Gasteiger partial charge in [-0.25, -0.2) is 14.4 Å². The molecule has 1 fully saturated rings. The molecule has 1 aromatic heterocycles. The summed E-state index contributed by atoms with van der Waals surface area (Å²) in [5.41, 5.74) is 0.732. The summed E-state index contributed by atoms with van der Waals surface area (Å²) in [6, 6.07) is 4.55. The molecule has 0 spiro atoms. The van der Waals surface area contributed by atoms with E-state index in [9.17, 15) is 9.18 Å². The number of halogens is 1. The minimum Gasteiger partial charge on any atom is -0.354 e. The molecule has 3 rings (SSSR count). The first kappa shape index (κ1) is 15.6. The molecular formula is C17H21FN4O. The zero-order valence-corrected chi connectivity index (χ0v) is 13.5. The molecule has 2 heterocycles. The van der Waals surface area contributed by atoms with Crippen molar-refractivity contribution in [1.82, 2.24) is 14.9 Å². The van der Waals surface area contributed by atoms with Gasteiger partial charge < -0.3 is 9.80 Å². The fourth-order valence-electron chi connectivity index (χ4n) is 2.98. The minimum absolute atomic E-state index is 0.00975. The Hall–Kier alpha value is -2.24. The lowest BCUT2D eigenvalue weighted by atomic mass is 10.2. The molecule has 5 nitrogen and oxygen atoms in total. The average Bonchev–Trinajstić information content (AvgIpc) is 2.79. The van der Waals surface area contributed by atoms with Gasteiger partial charge in [0, 0.05) is 37.5 Å². The number of carbonyl (C=O) groups excluding carboxylic acids is 1. The molecule has 0 N–H and O–H groups in total. The molecule has 6 heteroatoms. The van der Waals surface area contributed by atoms with E-state index in [-0.39, 0.29) is 17.6 Å². The number of carbonyl (C=O) groups is 1. The lowest BCUT2D eigenvalue weighted by Crippen LogP contribution is -2.37. The van der Waals surface area contributed by atoms with Gasteiger partial charge in [-0.2, -0.15) is 0 Å². The van der Waals surface area contributed by atoms with Crippen LogP contribution in [0, 0.1) is 11.7 Å². The third kappa shape index (κ3) is 3.25. The van der Waals surface area contributed by atoms with Crippen molar-refractivity contribution in [1.29, 1.82) is 0 Å². The summed E-state index contributed by atoms with van der Waals surface area (Å²) in [7, 11) is 0. The fourth-order valence-corrected chi connectivity index (χ4v) is 2.98. The predicted octanol–water partition coefficient (Wildman–Crippen LogP) is 2.46. The topological polar surface area (TPSA) is 49.3 Å². The average molecular weight is 316 g/mol. The molecule has 1 aliphatic heterocycles. The van der Waals surface area contributed by atoms with E-state index in [2.05, 4.69) is 14.9 Å². The van der Waals surface area contributed by atoms with E-state index in [4.69, 9.17) is 0 Å². The van der Waals surface area contributed by atoms with Gasteiger partial charge in [0.25, 0.3) is 0 Å². The van der Waals surface area contributed by atoms with Crippen molar-refractivity contribution in [2.75, 3.05) is 31.1 Å². The Kier molecular flexibility index (Phi) is 4.41. The van der Waals surface area contributed by atoms with Crippen LogP contribution >= 0.6 is 0 Å². The normalized spacial score (nSPS) is 16.0. The van der Waals surface area contributed by atoms with Gasteiger partial charge in [0.1, 0.15) is 18.0 Å². The molecule has 0 bridgehead atoms. The Labute approximate surface area is 135 Å². The smallest absolute Gasteiger partial charge is 0.225 e. The zero-order chi connectivity index (χ0) is 16.4. The number of anilines is 1. The number of amides is 1. The van der Waals surface area contributed by atoms with Crippen molar-refractivity contribution in [3.8, 4) is 0 Å². The third-order valence-electron chi connectivity index (χ3n) is 4.18. The third-order valence-corrected chi connectivity index (χ3v) is 4.18. The van der Waals surface area contributed by atoms with Crippen molar-refractivity contribution < 1.29 is 9.18 Å². The number of hydrogen-bond acceptors (Lipinski definition) is 4.